The lowest BCUT2D eigenvalue weighted by Gasteiger charge is -2.13. The molecule has 5 heteroatoms. The number of nitrogens with one attached hydrogen (secondary N) is 1. The summed E-state index contributed by atoms with van der Waals surface area (Å²) in [7, 11) is 0. The topological polar surface area (TPSA) is 75.6 Å². The van der Waals surface area contributed by atoms with E-state index in [4.69, 9.17) is 9.84 Å². The minimum atomic E-state index is -0.992. The maximum absolute atomic E-state index is 11.9. The van der Waals surface area contributed by atoms with Crippen LogP contribution in [0.25, 0.3) is 0 Å². The summed E-state index contributed by atoms with van der Waals surface area (Å²) in [5.74, 6) is -1.20. The maximum atomic E-state index is 11.9. The van der Waals surface area contributed by atoms with Crippen LogP contribution in [0.4, 0.5) is 5.69 Å². The number of carboxylic acids is 1. The third-order valence-electron chi connectivity index (χ3n) is 3.39. The van der Waals surface area contributed by atoms with E-state index in [2.05, 4.69) is 5.32 Å². The summed E-state index contributed by atoms with van der Waals surface area (Å²) >= 11 is 0. The highest BCUT2D eigenvalue weighted by atomic mass is 16.5. The first kappa shape index (κ1) is 13.5. The van der Waals surface area contributed by atoms with E-state index in [9.17, 15) is 9.59 Å². The smallest absolute Gasteiger partial charge is 0.336 e. The molecule has 0 spiro atoms. The highest BCUT2D eigenvalue weighted by molar-refractivity contribution is 5.97. The Kier molecular flexibility index (Phi) is 3.85. The Hall–Kier alpha value is -1.88. The molecule has 0 aromatic heterocycles. The molecule has 0 saturated carbocycles. The monoisotopic (exact) mass is 263 g/mol. The number of benzene rings is 1. The molecular weight excluding hydrogens is 246 g/mol. The number of anilines is 1. The van der Waals surface area contributed by atoms with E-state index in [1.807, 2.05) is 6.92 Å². The fraction of sp³-hybridized carbons (Fsp3) is 0.429. The molecule has 0 radical (unpaired) electrons. The summed E-state index contributed by atoms with van der Waals surface area (Å²) < 4.78 is 5.29. The Balaban J connectivity index is 2.20. The summed E-state index contributed by atoms with van der Waals surface area (Å²) in [5.41, 5.74) is 2.26. The number of amides is 1. The van der Waals surface area contributed by atoms with Crippen molar-refractivity contribution in [1.29, 1.82) is 0 Å². The van der Waals surface area contributed by atoms with Gasteiger partial charge in [-0.15, -0.1) is 0 Å². The van der Waals surface area contributed by atoms with E-state index >= 15 is 0 Å². The van der Waals surface area contributed by atoms with Crippen molar-refractivity contribution in [2.24, 2.45) is 0 Å². The van der Waals surface area contributed by atoms with E-state index in [-0.39, 0.29) is 11.5 Å². The number of aromatic carboxylic acids is 1. The first-order chi connectivity index (χ1) is 8.99. The normalized spacial score (nSPS) is 18.3. The van der Waals surface area contributed by atoms with Crippen LogP contribution < -0.4 is 5.32 Å². The number of rotatable bonds is 3. The third-order valence-corrected chi connectivity index (χ3v) is 3.39. The minimum absolute atomic E-state index is 0.211. The molecule has 1 saturated heterocycles. The molecule has 1 unspecified atom stereocenters. The van der Waals surface area contributed by atoms with Gasteiger partial charge in [-0.05, 0) is 49.9 Å². The average Bonchev–Trinajstić information content (AvgIpc) is 2.86. The van der Waals surface area contributed by atoms with E-state index in [1.54, 1.807) is 13.0 Å². The number of hydrogen-bond acceptors (Lipinski definition) is 3. The van der Waals surface area contributed by atoms with Gasteiger partial charge in [0, 0.05) is 12.3 Å². The molecule has 0 aliphatic carbocycles. The van der Waals surface area contributed by atoms with E-state index in [1.165, 1.54) is 6.07 Å². The molecular formula is C14H17NO4. The highest BCUT2D eigenvalue weighted by Gasteiger charge is 2.24. The molecule has 1 aromatic carbocycles. The number of carbonyl (C=O) groups excluding carboxylic acids is 1. The molecule has 1 fully saturated rings. The molecule has 19 heavy (non-hydrogen) atoms. The quantitative estimate of drug-likeness (QED) is 0.875. The molecule has 2 N–H and O–H groups in total. The molecule has 102 valence electrons. The fourth-order valence-corrected chi connectivity index (χ4v) is 2.16. The van der Waals surface area contributed by atoms with Gasteiger partial charge in [0.05, 0.1) is 5.56 Å². The SMILES string of the molecule is Cc1cc(NC(=O)C2CCCO2)cc(C(=O)O)c1C. The van der Waals surface area contributed by atoms with Gasteiger partial charge in [0.2, 0.25) is 0 Å². The van der Waals surface area contributed by atoms with Crippen molar-refractivity contribution in [3.05, 3.63) is 28.8 Å². The van der Waals surface area contributed by atoms with Crippen molar-refractivity contribution in [3.8, 4) is 0 Å². The number of carboxylic acid groups (broad SMARTS) is 1. The summed E-state index contributed by atoms with van der Waals surface area (Å²) in [5, 5.41) is 11.8. The highest BCUT2D eigenvalue weighted by Crippen LogP contribution is 2.21. The first-order valence-electron chi connectivity index (χ1n) is 6.26. The van der Waals surface area contributed by atoms with Crippen LogP contribution in [-0.4, -0.2) is 29.7 Å². The van der Waals surface area contributed by atoms with Crippen LogP contribution in [0.2, 0.25) is 0 Å². The lowest BCUT2D eigenvalue weighted by Crippen LogP contribution is -2.27. The van der Waals surface area contributed by atoms with Crippen molar-refractivity contribution in [1.82, 2.24) is 0 Å². The van der Waals surface area contributed by atoms with Crippen LogP contribution in [0.3, 0.4) is 0 Å². The van der Waals surface area contributed by atoms with Crippen molar-refractivity contribution in [3.63, 3.8) is 0 Å². The lowest BCUT2D eigenvalue weighted by molar-refractivity contribution is -0.124. The largest absolute Gasteiger partial charge is 0.478 e. The lowest BCUT2D eigenvalue weighted by atomic mass is 10.0. The van der Waals surface area contributed by atoms with E-state index in [0.717, 1.165) is 12.0 Å². The molecule has 1 aromatic rings. The van der Waals surface area contributed by atoms with Gasteiger partial charge in [0.15, 0.2) is 0 Å². The minimum Gasteiger partial charge on any atom is -0.478 e. The number of hydrogen-bond donors (Lipinski definition) is 2. The van der Waals surface area contributed by atoms with Crippen LogP contribution in [0.5, 0.6) is 0 Å². The molecule has 1 heterocycles. The Morgan fingerprint density at radius 2 is 2.11 bits per heavy atom. The van der Waals surface area contributed by atoms with Gasteiger partial charge in [-0.25, -0.2) is 4.79 Å². The van der Waals surface area contributed by atoms with Crippen LogP contribution in [0.1, 0.15) is 34.3 Å². The first-order valence-corrected chi connectivity index (χ1v) is 6.26. The number of carbonyl (C=O) groups is 2. The molecule has 1 amide bonds. The maximum Gasteiger partial charge on any atom is 0.336 e. The van der Waals surface area contributed by atoms with E-state index in [0.29, 0.717) is 24.3 Å². The van der Waals surface area contributed by atoms with Crippen LogP contribution in [0.15, 0.2) is 12.1 Å². The molecule has 2 rings (SSSR count). The van der Waals surface area contributed by atoms with Crippen LogP contribution >= 0.6 is 0 Å². The zero-order valence-corrected chi connectivity index (χ0v) is 11.0. The number of aryl methyl sites for hydroxylation is 1. The van der Waals surface area contributed by atoms with Crippen LogP contribution in [0, 0.1) is 13.8 Å². The second-order valence-corrected chi connectivity index (χ2v) is 4.76. The summed E-state index contributed by atoms with van der Waals surface area (Å²) in [6.45, 7) is 4.18. The van der Waals surface area contributed by atoms with Gasteiger partial charge >= 0.3 is 5.97 Å². The Bertz CT molecular complexity index is 518. The molecule has 1 aliphatic heterocycles. The summed E-state index contributed by atoms with van der Waals surface area (Å²) in [4.78, 5) is 23.0. The Labute approximate surface area is 111 Å². The predicted octanol–water partition coefficient (Wildman–Crippen LogP) is 2.12. The summed E-state index contributed by atoms with van der Waals surface area (Å²) in [6, 6.07) is 3.26. The van der Waals surface area contributed by atoms with Gasteiger partial charge in [0.1, 0.15) is 6.10 Å². The van der Waals surface area contributed by atoms with Crippen molar-refractivity contribution >= 4 is 17.6 Å². The van der Waals surface area contributed by atoms with Gasteiger partial charge in [0.25, 0.3) is 5.91 Å². The summed E-state index contributed by atoms with van der Waals surface area (Å²) in [6.07, 6.45) is 1.17. The fourth-order valence-electron chi connectivity index (χ4n) is 2.16. The second kappa shape index (κ2) is 5.40. The van der Waals surface area contributed by atoms with Crippen LogP contribution in [-0.2, 0) is 9.53 Å². The van der Waals surface area contributed by atoms with Crippen molar-refractivity contribution in [2.45, 2.75) is 32.8 Å². The molecule has 1 aliphatic rings. The van der Waals surface area contributed by atoms with Gasteiger partial charge < -0.3 is 15.2 Å². The zero-order chi connectivity index (χ0) is 14.0. The van der Waals surface area contributed by atoms with Gasteiger partial charge in [-0.2, -0.15) is 0 Å². The zero-order valence-electron chi connectivity index (χ0n) is 11.0. The van der Waals surface area contributed by atoms with Gasteiger partial charge in [-0.3, -0.25) is 4.79 Å². The van der Waals surface area contributed by atoms with Gasteiger partial charge in [-0.1, -0.05) is 0 Å². The third kappa shape index (κ3) is 2.93. The van der Waals surface area contributed by atoms with Crippen molar-refractivity contribution < 1.29 is 19.4 Å². The standard InChI is InChI=1S/C14H17NO4/c1-8-6-10(7-11(9(8)2)14(17)18)15-13(16)12-4-3-5-19-12/h6-7,12H,3-5H2,1-2H3,(H,15,16)(H,17,18). The molecule has 5 nitrogen and oxygen atoms in total. The van der Waals surface area contributed by atoms with Crippen molar-refractivity contribution in [2.75, 3.05) is 11.9 Å². The number of ether oxygens (including phenoxy) is 1. The molecule has 0 bridgehead atoms. The molecule has 1 atom stereocenters. The van der Waals surface area contributed by atoms with E-state index < -0.39 is 12.1 Å². The predicted molar refractivity (Wildman–Crippen MR) is 70.5 cm³/mol. The average molecular weight is 263 g/mol. The Morgan fingerprint density at radius 3 is 2.68 bits per heavy atom. The Morgan fingerprint density at radius 1 is 1.37 bits per heavy atom. The second-order valence-electron chi connectivity index (χ2n) is 4.76.